The fourth-order valence-corrected chi connectivity index (χ4v) is 4.44. The van der Waals surface area contributed by atoms with E-state index < -0.39 is 18.3 Å². The monoisotopic (exact) mass is 418 g/mol. The lowest BCUT2D eigenvalue weighted by Crippen LogP contribution is -2.50. The molecule has 0 saturated carbocycles. The van der Waals surface area contributed by atoms with Crippen molar-refractivity contribution in [3.05, 3.63) is 64.2 Å². The van der Waals surface area contributed by atoms with Crippen LogP contribution in [0.25, 0.3) is 0 Å². The molecule has 0 amide bonds. The minimum Gasteiger partial charge on any atom is -0.497 e. The fourth-order valence-electron chi connectivity index (χ4n) is 4.26. The van der Waals surface area contributed by atoms with Gasteiger partial charge in [-0.3, -0.25) is 0 Å². The topological polar surface area (TPSA) is 58.9 Å². The van der Waals surface area contributed by atoms with Crippen molar-refractivity contribution in [1.82, 2.24) is 0 Å². The molecule has 0 bridgehead atoms. The van der Waals surface area contributed by atoms with Crippen LogP contribution in [0.4, 0.5) is 0 Å². The van der Waals surface area contributed by atoms with E-state index >= 15 is 0 Å². The molecule has 1 aliphatic rings. The zero-order valence-corrected chi connectivity index (χ0v) is 18.1. The van der Waals surface area contributed by atoms with E-state index in [1.165, 1.54) is 0 Å². The summed E-state index contributed by atoms with van der Waals surface area (Å²) in [6.07, 6.45) is 0.881. The second-order valence-corrected chi connectivity index (χ2v) is 8.22. The molecule has 2 N–H and O–H groups in total. The van der Waals surface area contributed by atoms with Crippen LogP contribution in [-0.2, 0) is 11.2 Å². The van der Waals surface area contributed by atoms with Gasteiger partial charge in [0.2, 0.25) is 0 Å². The lowest BCUT2D eigenvalue weighted by Gasteiger charge is -2.43. The lowest BCUT2D eigenvalue weighted by atomic mass is 9.81. The first kappa shape index (κ1) is 22.1. The predicted octanol–water partition coefficient (Wildman–Crippen LogP) is 4.93. The minimum atomic E-state index is -0.954. The molecular formula is C24H31ClO4. The Kier molecular flexibility index (Phi) is 7.58. The second kappa shape index (κ2) is 9.94. The highest BCUT2D eigenvalue weighted by atomic mass is 35.5. The molecule has 1 heterocycles. The maximum atomic E-state index is 10.8. The fraction of sp³-hybridized carbons (Fsp3) is 0.500. The largest absolute Gasteiger partial charge is 0.497 e. The van der Waals surface area contributed by atoms with Crippen molar-refractivity contribution in [2.24, 2.45) is 5.92 Å². The average Bonchev–Trinajstić information content (AvgIpc) is 2.74. The van der Waals surface area contributed by atoms with Crippen molar-refractivity contribution in [1.29, 1.82) is 0 Å². The van der Waals surface area contributed by atoms with Crippen LogP contribution >= 0.6 is 11.6 Å². The van der Waals surface area contributed by atoms with Crippen molar-refractivity contribution in [2.45, 2.75) is 63.9 Å². The summed E-state index contributed by atoms with van der Waals surface area (Å²) in [5.41, 5.74) is 2.92. The van der Waals surface area contributed by atoms with E-state index in [9.17, 15) is 10.2 Å². The zero-order chi connectivity index (χ0) is 21.0. The third-order valence-electron chi connectivity index (χ3n) is 5.87. The van der Waals surface area contributed by atoms with Gasteiger partial charge in [-0.2, -0.15) is 0 Å². The predicted molar refractivity (Wildman–Crippen MR) is 116 cm³/mol. The summed E-state index contributed by atoms with van der Waals surface area (Å²) in [7, 11) is 1.65. The van der Waals surface area contributed by atoms with Crippen LogP contribution < -0.4 is 4.74 Å². The number of aliphatic hydroxyl groups is 2. The molecule has 1 saturated heterocycles. The summed E-state index contributed by atoms with van der Waals surface area (Å²) in [4.78, 5) is 0. The third kappa shape index (κ3) is 4.95. The van der Waals surface area contributed by atoms with E-state index in [1.807, 2.05) is 42.5 Å². The van der Waals surface area contributed by atoms with E-state index in [0.717, 1.165) is 41.7 Å². The van der Waals surface area contributed by atoms with Crippen LogP contribution in [0.5, 0.6) is 5.75 Å². The molecule has 158 valence electrons. The number of aliphatic hydroxyl groups excluding tert-OH is 2. The molecule has 4 nitrogen and oxygen atoms in total. The molecular weight excluding hydrogens is 388 g/mol. The Hall–Kier alpha value is -1.59. The molecule has 5 atom stereocenters. The normalized spacial score (nSPS) is 27.0. The van der Waals surface area contributed by atoms with Crippen molar-refractivity contribution in [2.75, 3.05) is 7.11 Å². The summed E-state index contributed by atoms with van der Waals surface area (Å²) < 4.78 is 11.5. The molecule has 0 unspecified atom stereocenters. The van der Waals surface area contributed by atoms with Gasteiger partial charge in [-0.05, 0) is 54.2 Å². The number of methoxy groups -OCH3 is 1. The van der Waals surface area contributed by atoms with Gasteiger partial charge in [0.1, 0.15) is 18.0 Å². The molecule has 5 heteroatoms. The number of ether oxygens (including phenoxy) is 2. The first-order valence-electron chi connectivity index (χ1n) is 10.4. The molecule has 2 aromatic rings. The van der Waals surface area contributed by atoms with Gasteiger partial charge in [-0.25, -0.2) is 0 Å². The molecule has 0 aliphatic carbocycles. The van der Waals surface area contributed by atoms with Crippen molar-refractivity contribution in [3.8, 4) is 5.75 Å². The quantitative estimate of drug-likeness (QED) is 0.669. The first-order chi connectivity index (χ1) is 14.0. The summed E-state index contributed by atoms with van der Waals surface area (Å²) in [5, 5.41) is 22.2. The number of benzene rings is 2. The van der Waals surface area contributed by atoms with E-state index in [-0.39, 0.29) is 12.0 Å². The maximum Gasteiger partial charge on any atom is 0.118 e. The van der Waals surface area contributed by atoms with Gasteiger partial charge in [0, 0.05) is 10.9 Å². The Balaban J connectivity index is 1.84. The highest BCUT2D eigenvalue weighted by Gasteiger charge is 2.43. The van der Waals surface area contributed by atoms with Crippen LogP contribution in [0.1, 0.15) is 55.9 Å². The molecule has 0 aromatic heterocycles. The molecule has 1 fully saturated rings. The van der Waals surface area contributed by atoms with Crippen molar-refractivity contribution >= 4 is 11.6 Å². The Labute approximate surface area is 178 Å². The van der Waals surface area contributed by atoms with Gasteiger partial charge >= 0.3 is 0 Å². The highest BCUT2D eigenvalue weighted by Crippen LogP contribution is 2.39. The van der Waals surface area contributed by atoms with E-state index in [0.29, 0.717) is 11.4 Å². The standard InChI is InChI=1S/C24H31ClO4/c1-4-6-19-21(5-2)29-24(23(27)22(19)26)16-9-12-20(25)17(14-16)13-15-7-10-18(28-3)11-8-15/h7-12,14,19,21-24,26-27H,4-6,13H2,1-3H3/t19-,21-,22+,23-,24+/m1/s1. The van der Waals surface area contributed by atoms with E-state index in [1.54, 1.807) is 7.11 Å². The molecule has 29 heavy (non-hydrogen) atoms. The van der Waals surface area contributed by atoms with Crippen LogP contribution in [0.3, 0.4) is 0 Å². The summed E-state index contributed by atoms with van der Waals surface area (Å²) in [6, 6.07) is 13.6. The maximum absolute atomic E-state index is 10.8. The van der Waals surface area contributed by atoms with Crippen LogP contribution in [0, 0.1) is 5.92 Å². The Morgan fingerprint density at radius 1 is 1.03 bits per heavy atom. The number of rotatable bonds is 7. The molecule has 3 rings (SSSR count). The van der Waals surface area contributed by atoms with Crippen molar-refractivity contribution < 1.29 is 19.7 Å². The summed E-state index contributed by atoms with van der Waals surface area (Å²) in [6.45, 7) is 4.15. The minimum absolute atomic E-state index is 0.0395. The van der Waals surface area contributed by atoms with E-state index in [2.05, 4.69) is 13.8 Å². The van der Waals surface area contributed by atoms with E-state index in [4.69, 9.17) is 21.1 Å². The average molecular weight is 419 g/mol. The lowest BCUT2D eigenvalue weighted by molar-refractivity contribution is -0.204. The van der Waals surface area contributed by atoms with Crippen LogP contribution in [0.15, 0.2) is 42.5 Å². The first-order valence-corrected chi connectivity index (χ1v) is 10.8. The Bertz CT molecular complexity index is 790. The number of hydrogen-bond acceptors (Lipinski definition) is 4. The van der Waals surface area contributed by atoms with Gasteiger partial charge in [-0.15, -0.1) is 0 Å². The molecule has 0 spiro atoms. The zero-order valence-electron chi connectivity index (χ0n) is 17.3. The molecule has 1 aliphatic heterocycles. The smallest absolute Gasteiger partial charge is 0.118 e. The SMILES string of the molecule is CCC[C@H]1[C@H](O)[C@@H](O)[C@H](c2ccc(Cl)c(Cc3ccc(OC)cc3)c2)O[C@@H]1CC. The van der Waals surface area contributed by atoms with Gasteiger partial charge in [0.05, 0.1) is 19.3 Å². The van der Waals surface area contributed by atoms with Crippen LogP contribution in [-0.4, -0.2) is 35.6 Å². The van der Waals surface area contributed by atoms with Gasteiger partial charge in [-0.1, -0.05) is 56.1 Å². The van der Waals surface area contributed by atoms with Gasteiger partial charge < -0.3 is 19.7 Å². The summed E-state index contributed by atoms with van der Waals surface area (Å²) >= 11 is 6.45. The molecule has 0 radical (unpaired) electrons. The Morgan fingerprint density at radius 3 is 2.38 bits per heavy atom. The van der Waals surface area contributed by atoms with Gasteiger partial charge in [0.15, 0.2) is 0 Å². The second-order valence-electron chi connectivity index (χ2n) is 7.81. The van der Waals surface area contributed by atoms with Crippen molar-refractivity contribution in [3.63, 3.8) is 0 Å². The third-order valence-corrected chi connectivity index (χ3v) is 6.24. The number of halogens is 1. The van der Waals surface area contributed by atoms with Crippen LogP contribution in [0.2, 0.25) is 5.02 Å². The van der Waals surface area contributed by atoms with Gasteiger partial charge in [0.25, 0.3) is 0 Å². The number of hydrogen-bond donors (Lipinski definition) is 2. The summed E-state index contributed by atoms with van der Waals surface area (Å²) in [5.74, 6) is 0.774. The Morgan fingerprint density at radius 2 is 1.76 bits per heavy atom. The highest BCUT2D eigenvalue weighted by molar-refractivity contribution is 6.31. The molecule has 2 aromatic carbocycles.